The summed E-state index contributed by atoms with van der Waals surface area (Å²) < 4.78 is 0. The summed E-state index contributed by atoms with van der Waals surface area (Å²) in [6.45, 7) is 0.652. The third-order valence-electron chi connectivity index (χ3n) is 2.42. The lowest BCUT2D eigenvalue weighted by atomic mass is 10.0. The molecule has 1 atom stereocenters. The van der Waals surface area contributed by atoms with E-state index in [2.05, 4.69) is 35.5 Å². The van der Waals surface area contributed by atoms with Gasteiger partial charge in [0.2, 0.25) is 0 Å². The van der Waals surface area contributed by atoms with Gasteiger partial charge in [-0.15, -0.1) is 6.42 Å². The molecule has 1 aliphatic rings. The van der Waals surface area contributed by atoms with Crippen molar-refractivity contribution in [1.29, 1.82) is 0 Å². The van der Waals surface area contributed by atoms with Crippen molar-refractivity contribution in [2.45, 2.75) is 11.8 Å². The van der Waals surface area contributed by atoms with Gasteiger partial charge in [0.05, 0.1) is 6.54 Å². The molecule has 2 heteroatoms. The van der Waals surface area contributed by atoms with Crippen LogP contribution in [0.4, 0.5) is 0 Å². The molecule has 0 fully saturated rings. The first kappa shape index (κ1) is 9.64. The third kappa shape index (κ3) is 1.95. The molecule has 0 aromatic heterocycles. The van der Waals surface area contributed by atoms with Gasteiger partial charge in [0.25, 0.3) is 0 Å². The van der Waals surface area contributed by atoms with E-state index >= 15 is 0 Å². The zero-order chi connectivity index (χ0) is 9.80. The topological polar surface area (TPSA) is 12.0 Å². The normalized spacial score (nSPS) is 19.8. The predicted octanol–water partition coefficient (Wildman–Crippen LogP) is 2.20. The number of hydrogen-bond donors (Lipinski definition) is 1. The van der Waals surface area contributed by atoms with Crippen molar-refractivity contribution in [3.05, 3.63) is 35.4 Å². The van der Waals surface area contributed by atoms with Crippen molar-refractivity contribution in [3.63, 3.8) is 0 Å². The van der Waals surface area contributed by atoms with Crippen LogP contribution in [-0.4, -0.2) is 12.3 Å². The van der Waals surface area contributed by atoms with E-state index < -0.39 is 0 Å². The minimum absolute atomic E-state index is 0.431. The van der Waals surface area contributed by atoms with E-state index in [4.69, 9.17) is 6.42 Å². The summed E-state index contributed by atoms with van der Waals surface area (Å²) in [6.07, 6.45) is 5.25. The molecule has 14 heavy (non-hydrogen) atoms. The van der Waals surface area contributed by atoms with Gasteiger partial charge in [0.1, 0.15) is 0 Å². The van der Waals surface area contributed by atoms with Crippen molar-refractivity contribution in [3.8, 4) is 12.3 Å². The fraction of sp³-hybridized carbons (Fsp3) is 0.333. The van der Waals surface area contributed by atoms with Crippen LogP contribution in [0, 0.1) is 12.3 Å². The standard InChI is InChI=1S/C12H13NS/c1-2-7-13-12-9-14-8-10-5-3-4-6-11(10)12/h1,3-6,12-13H,7-9H2. The SMILES string of the molecule is C#CCNC1CSCc2ccccc21. The average molecular weight is 203 g/mol. The minimum Gasteiger partial charge on any atom is -0.298 e. The molecule has 0 radical (unpaired) electrons. The fourth-order valence-corrected chi connectivity index (χ4v) is 2.87. The number of rotatable bonds is 2. The van der Waals surface area contributed by atoms with Crippen LogP contribution in [0.5, 0.6) is 0 Å². The molecule has 0 aliphatic carbocycles. The molecule has 1 aromatic carbocycles. The highest BCUT2D eigenvalue weighted by atomic mass is 32.2. The van der Waals surface area contributed by atoms with Crippen LogP contribution in [0.1, 0.15) is 17.2 Å². The number of thioether (sulfide) groups is 1. The lowest BCUT2D eigenvalue weighted by molar-refractivity contribution is 0.623. The van der Waals surface area contributed by atoms with Gasteiger partial charge in [-0.3, -0.25) is 5.32 Å². The van der Waals surface area contributed by atoms with E-state index in [-0.39, 0.29) is 0 Å². The van der Waals surface area contributed by atoms with E-state index in [0.29, 0.717) is 12.6 Å². The Morgan fingerprint density at radius 2 is 2.36 bits per heavy atom. The first-order valence-electron chi connectivity index (χ1n) is 4.74. The maximum Gasteiger partial charge on any atom is 0.0578 e. The van der Waals surface area contributed by atoms with Crippen LogP contribution in [0.15, 0.2) is 24.3 Å². The van der Waals surface area contributed by atoms with Crippen molar-refractivity contribution in [2.75, 3.05) is 12.3 Å². The molecule has 1 aromatic rings. The largest absolute Gasteiger partial charge is 0.298 e. The van der Waals surface area contributed by atoms with Crippen LogP contribution in [0.25, 0.3) is 0 Å². The van der Waals surface area contributed by atoms with Gasteiger partial charge in [0.15, 0.2) is 0 Å². The van der Waals surface area contributed by atoms with Crippen LogP contribution in [0.2, 0.25) is 0 Å². The Kier molecular flexibility index (Phi) is 3.13. The molecule has 0 spiro atoms. The zero-order valence-electron chi connectivity index (χ0n) is 7.99. The highest BCUT2D eigenvalue weighted by Gasteiger charge is 2.18. The second kappa shape index (κ2) is 4.54. The molecule has 0 saturated heterocycles. The van der Waals surface area contributed by atoms with E-state index in [1.807, 2.05) is 11.8 Å². The van der Waals surface area contributed by atoms with Gasteiger partial charge in [-0.2, -0.15) is 11.8 Å². The smallest absolute Gasteiger partial charge is 0.0578 e. The highest BCUT2D eigenvalue weighted by Crippen LogP contribution is 2.31. The van der Waals surface area contributed by atoms with Crippen molar-refractivity contribution in [2.24, 2.45) is 0 Å². The highest BCUT2D eigenvalue weighted by molar-refractivity contribution is 7.98. The molecule has 2 rings (SSSR count). The quantitative estimate of drug-likeness (QED) is 0.740. The van der Waals surface area contributed by atoms with Gasteiger partial charge >= 0.3 is 0 Å². The summed E-state index contributed by atoms with van der Waals surface area (Å²) in [5.74, 6) is 4.88. The first-order valence-corrected chi connectivity index (χ1v) is 5.89. The van der Waals surface area contributed by atoms with E-state index in [9.17, 15) is 0 Å². The average Bonchev–Trinajstić information content (AvgIpc) is 2.26. The van der Waals surface area contributed by atoms with Gasteiger partial charge in [-0.05, 0) is 11.1 Å². The summed E-state index contributed by atoms with van der Waals surface area (Å²) in [6, 6.07) is 9.03. The van der Waals surface area contributed by atoms with Gasteiger partial charge in [-0.25, -0.2) is 0 Å². The number of nitrogens with one attached hydrogen (secondary N) is 1. The Balaban J connectivity index is 2.18. The van der Waals surface area contributed by atoms with E-state index in [0.717, 1.165) is 11.5 Å². The lowest BCUT2D eigenvalue weighted by Gasteiger charge is -2.25. The number of fused-ring (bicyclic) bond motifs is 1. The summed E-state index contributed by atoms with van der Waals surface area (Å²) in [5, 5.41) is 3.37. The first-order chi connectivity index (χ1) is 6.92. The Bertz CT molecular complexity index is 354. The molecule has 1 nitrogen and oxygen atoms in total. The molecule has 0 amide bonds. The van der Waals surface area contributed by atoms with Crippen molar-refractivity contribution in [1.82, 2.24) is 5.32 Å². The zero-order valence-corrected chi connectivity index (χ0v) is 8.81. The summed E-state index contributed by atoms with van der Waals surface area (Å²) in [4.78, 5) is 0. The molecule has 1 unspecified atom stereocenters. The molecule has 0 saturated carbocycles. The van der Waals surface area contributed by atoms with Crippen molar-refractivity contribution >= 4 is 11.8 Å². The Morgan fingerprint density at radius 1 is 1.50 bits per heavy atom. The Hall–Kier alpha value is -0.910. The monoisotopic (exact) mass is 203 g/mol. The number of hydrogen-bond acceptors (Lipinski definition) is 2. The molecular formula is C12H13NS. The lowest BCUT2D eigenvalue weighted by Crippen LogP contribution is -2.26. The number of benzene rings is 1. The van der Waals surface area contributed by atoms with Gasteiger partial charge < -0.3 is 0 Å². The van der Waals surface area contributed by atoms with Gasteiger partial charge in [0, 0.05) is 17.5 Å². The van der Waals surface area contributed by atoms with E-state index in [1.165, 1.54) is 11.1 Å². The van der Waals surface area contributed by atoms with Crippen LogP contribution < -0.4 is 5.32 Å². The van der Waals surface area contributed by atoms with Crippen LogP contribution in [0.3, 0.4) is 0 Å². The second-order valence-corrected chi connectivity index (χ2v) is 4.38. The second-order valence-electron chi connectivity index (χ2n) is 3.35. The molecule has 0 bridgehead atoms. The molecule has 1 N–H and O–H groups in total. The Labute approximate surface area is 89.3 Å². The molecular weight excluding hydrogens is 190 g/mol. The maximum atomic E-state index is 5.25. The maximum absolute atomic E-state index is 5.25. The van der Waals surface area contributed by atoms with E-state index in [1.54, 1.807) is 0 Å². The predicted molar refractivity (Wildman–Crippen MR) is 62.2 cm³/mol. The fourth-order valence-electron chi connectivity index (χ4n) is 1.73. The molecule has 72 valence electrons. The van der Waals surface area contributed by atoms with Crippen molar-refractivity contribution < 1.29 is 0 Å². The van der Waals surface area contributed by atoms with Gasteiger partial charge in [-0.1, -0.05) is 30.2 Å². The summed E-state index contributed by atoms with van der Waals surface area (Å²) in [7, 11) is 0. The number of terminal acetylenes is 1. The third-order valence-corrected chi connectivity index (χ3v) is 3.51. The summed E-state index contributed by atoms with van der Waals surface area (Å²) >= 11 is 1.97. The van der Waals surface area contributed by atoms with Crippen LogP contribution in [-0.2, 0) is 5.75 Å². The van der Waals surface area contributed by atoms with Crippen LogP contribution >= 0.6 is 11.8 Å². The summed E-state index contributed by atoms with van der Waals surface area (Å²) in [5.41, 5.74) is 2.86. The Morgan fingerprint density at radius 3 is 3.21 bits per heavy atom. The minimum atomic E-state index is 0.431. The molecule has 1 aliphatic heterocycles. The molecule has 1 heterocycles.